The van der Waals surface area contributed by atoms with E-state index in [9.17, 15) is 0 Å². The Balaban J connectivity index is 2.28. The van der Waals surface area contributed by atoms with Gasteiger partial charge in [0, 0.05) is 11.7 Å². The first-order chi connectivity index (χ1) is 11.8. The van der Waals surface area contributed by atoms with E-state index in [1.54, 1.807) is 0 Å². The summed E-state index contributed by atoms with van der Waals surface area (Å²) >= 11 is 0. The van der Waals surface area contributed by atoms with Crippen LogP contribution in [0.15, 0.2) is 24.3 Å². The molecule has 0 aliphatic carbocycles. The van der Waals surface area contributed by atoms with Gasteiger partial charge in [0.1, 0.15) is 0 Å². The molecule has 1 rings (SSSR count). The standard InChI is InChI=1S/C23H41N/c1-4-6-8-10-12-14-18-22-19-15-16-20-23(22)24-21(3)17-13-11-9-7-5-2/h15-16,19-21,24H,4-14,17-18H2,1-3H3. The van der Waals surface area contributed by atoms with Crippen molar-refractivity contribution < 1.29 is 0 Å². The smallest absolute Gasteiger partial charge is 0.0374 e. The van der Waals surface area contributed by atoms with Crippen molar-refractivity contribution in [2.45, 2.75) is 110 Å². The molecule has 1 unspecified atom stereocenters. The lowest BCUT2D eigenvalue weighted by Crippen LogP contribution is -2.16. The number of para-hydroxylation sites is 1. The van der Waals surface area contributed by atoms with Crippen molar-refractivity contribution in [1.82, 2.24) is 0 Å². The Hall–Kier alpha value is -0.980. The Labute approximate surface area is 151 Å². The number of anilines is 1. The van der Waals surface area contributed by atoms with Crippen LogP contribution >= 0.6 is 0 Å². The van der Waals surface area contributed by atoms with Crippen molar-refractivity contribution in [1.29, 1.82) is 0 Å². The van der Waals surface area contributed by atoms with E-state index >= 15 is 0 Å². The van der Waals surface area contributed by atoms with Crippen LogP contribution in [0.2, 0.25) is 0 Å². The first kappa shape index (κ1) is 21.1. The van der Waals surface area contributed by atoms with Gasteiger partial charge in [0.15, 0.2) is 0 Å². The zero-order valence-electron chi connectivity index (χ0n) is 16.6. The normalized spacial score (nSPS) is 12.3. The van der Waals surface area contributed by atoms with E-state index in [4.69, 9.17) is 0 Å². The zero-order valence-corrected chi connectivity index (χ0v) is 16.6. The largest absolute Gasteiger partial charge is 0.382 e. The third kappa shape index (κ3) is 10.0. The summed E-state index contributed by atoms with van der Waals surface area (Å²) in [6.07, 6.45) is 17.6. The highest BCUT2D eigenvalue weighted by Crippen LogP contribution is 2.20. The number of unbranched alkanes of at least 4 members (excludes halogenated alkanes) is 9. The summed E-state index contributed by atoms with van der Waals surface area (Å²) in [6.45, 7) is 6.90. The van der Waals surface area contributed by atoms with Gasteiger partial charge >= 0.3 is 0 Å². The number of nitrogens with one attached hydrogen (secondary N) is 1. The molecule has 1 aromatic rings. The lowest BCUT2D eigenvalue weighted by Gasteiger charge is -2.18. The molecule has 0 saturated carbocycles. The van der Waals surface area contributed by atoms with Crippen molar-refractivity contribution in [3.8, 4) is 0 Å². The van der Waals surface area contributed by atoms with Crippen LogP contribution in [-0.4, -0.2) is 6.04 Å². The molecule has 0 radical (unpaired) electrons. The molecule has 24 heavy (non-hydrogen) atoms. The van der Waals surface area contributed by atoms with Gasteiger partial charge in [-0.2, -0.15) is 0 Å². The fraction of sp³-hybridized carbons (Fsp3) is 0.739. The van der Waals surface area contributed by atoms with Gasteiger partial charge < -0.3 is 5.32 Å². The van der Waals surface area contributed by atoms with Gasteiger partial charge in [0.25, 0.3) is 0 Å². The molecule has 0 heterocycles. The highest BCUT2D eigenvalue weighted by atomic mass is 14.9. The minimum atomic E-state index is 0.581. The van der Waals surface area contributed by atoms with E-state index in [0.29, 0.717) is 6.04 Å². The summed E-state index contributed by atoms with van der Waals surface area (Å²) in [5.41, 5.74) is 2.87. The quantitative estimate of drug-likeness (QED) is 0.324. The molecule has 1 nitrogen and oxygen atoms in total. The van der Waals surface area contributed by atoms with E-state index in [1.807, 2.05) is 0 Å². The Morgan fingerprint density at radius 3 is 2.04 bits per heavy atom. The van der Waals surface area contributed by atoms with Crippen molar-refractivity contribution >= 4 is 5.69 Å². The second kappa shape index (κ2) is 14.4. The molecule has 0 aliphatic rings. The summed E-state index contributed by atoms with van der Waals surface area (Å²) in [6, 6.07) is 9.51. The third-order valence-electron chi connectivity index (χ3n) is 4.96. The number of hydrogen-bond donors (Lipinski definition) is 1. The Morgan fingerprint density at radius 1 is 0.750 bits per heavy atom. The number of benzene rings is 1. The van der Waals surface area contributed by atoms with Gasteiger partial charge in [-0.15, -0.1) is 0 Å². The van der Waals surface area contributed by atoms with Crippen LogP contribution in [0.1, 0.15) is 103 Å². The summed E-state index contributed by atoms with van der Waals surface area (Å²) in [5, 5.41) is 3.76. The topological polar surface area (TPSA) is 12.0 Å². The molecule has 1 heteroatoms. The van der Waals surface area contributed by atoms with Crippen LogP contribution in [0.25, 0.3) is 0 Å². The highest BCUT2D eigenvalue weighted by Gasteiger charge is 2.06. The third-order valence-corrected chi connectivity index (χ3v) is 4.96. The first-order valence-corrected chi connectivity index (χ1v) is 10.6. The van der Waals surface area contributed by atoms with Gasteiger partial charge in [0.2, 0.25) is 0 Å². The fourth-order valence-electron chi connectivity index (χ4n) is 3.37. The van der Waals surface area contributed by atoms with Gasteiger partial charge in [-0.1, -0.05) is 96.3 Å². The number of aryl methyl sites for hydroxylation is 1. The summed E-state index contributed by atoms with van der Waals surface area (Å²) in [5.74, 6) is 0. The predicted molar refractivity (Wildman–Crippen MR) is 110 cm³/mol. The van der Waals surface area contributed by atoms with Crippen molar-refractivity contribution in [2.24, 2.45) is 0 Å². The van der Waals surface area contributed by atoms with Crippen molar-refractivity contribution in [2.75, 3.05) is 5.32 Å². The predicted octanol–water partition coefficient (Wildman–Crippen LogP) is 7.75. The Morgan fingerprint density at radius 2 is 1.33 bits per heavy atom. The minimum Gasteiger partial charge on any atom is -0.382 e. The maximum Gasteiger partial charge on any atom is 0.0374 e. The first-order valence-electron chi connectivity index (χ1n) is 10.6. The molecule has 0 saturated heterocycles. The highest BCUT2D eigenvalue weighted by molar-refractivity contribution is 5.51. The average molecular weight is 332 g/mol. The molecule has 1 N–H and O–H groups in total. The lowest BCUT2D eigenvalue weighted by atomic mass is 10.0. The zero-order chi connectivity index (χ0) is 17.5. The van der Waals surface area contributed by atoms with E-state index in [-0.39, 0.29) is 0 Å². The fourth-order valence-corrected chi connectivity index (χ4v) is 3.37. The molecule has 1 aromatic carbocycles. The minimum absolute atomic E-state index is 0.581. The van der Waals surface area contributed by atoms with Gasteiger partial charge in [-0.3, -0.25) is 0 Å². The molecule has 138 valence electrons. The molecule has 0 amide bonds. The second-order valence-corrected chi connectivity index (χ2v) is 7.42. The average Bonchev–Trinajstić information content (AvgIpc) is 2.59. The molecule has 0 fully saturated rings. The second-order valence-electron chi connectivity index (χ2n) is 7.42. The molecular formula is C23H41N. The lowest BCUT2D eigenvalue weighted by molar-refractivity contribution is 0.578. The summed E-state index contributed by atoms with van der Waals surface area (Å²) < 4.78 is 0. The van der Waals surface area contributed by atoms with Gasteiger partial charge in [-0.25, -0.2) is 0 Å². The molecule has 0 aliphatic heterocycles. The van der Waals surface area contributed by atoms with Crippen LogP contribution in [0.5, 0.6) is 0 Å². The van der Waals surface area contributed by atoms with Crippen LogP contribution < -0.4 is 5.32 Å². The summed E-state index contributed by atoms with van der Waals surface area (Å²) in [4.78, 5) is 0. The van der Waals surface area contributed by atoms with Crippen molar-refractivity contribution in [3.05, 3.63) is 29.8 Å². The van der Waals surface area contributed by atoms with E-state index in [1.165, 1.54) is 94.7 Å². The maximum atomic E-state index is 3.76. The molecule has 1 atom stereocenters. The van der Waals surface area contributed by atoms with Crippen LogP contribution in [-0.2, 0) is 6.42 Å². The Bertz CT molecular complexity index is 399. The maximum absolute atomic E-state index is 3.76. The SMILES string of the molecule is CCCCCCCCc1ccccc1NC(C)CCCCCCC. The monoisotopic (exact) mass is 331 g/mol. The van der Waals surface area contributed by atoms with Crippen LogP contribution in [0.3, 0.4) is 0 Å². The van der Waals surface area contributed by atoms with E-state index < -0.39 is 0 Å². The molecular weight excluding hydrogens is 290 g/mol. The van der Waals surface area contributed by atoms with Gasteiger partial charge in [-0.05, 0) is 37.8 Å². The summed E-state index contributed by atoms with van der Waals surface area (Å²) in [7, 11) is 0. The van der Waals surface area contributed by atoms with Gasteiger partial charge in [0.05, 0.1) is 0 Å². The number of hydrogen-bond acceptors (Lipinski definition) is 1. The van der Waals surface area contributed by atoms with Crippen LogP contribution in [0.4, 0.5) is 5.69 Å². The van der Waals surface area contributed by atoms with Crippen molar-refractivity contribution in [3.63, 3.8) is 0 Å². The molecule has 0 bridgehead atoms. The molecule has 0 aromatic heterocycles. The van der Waals surface area contributed by atoms with E-state index in [2.05, 4.69) is 50.4 Å². The van der Waals surface area contributed by atoms with Crippen LogP contribution in [0, 0.1) is 0 Å². The number of rotatable bonds is 15. The Kier molecular flexibility index (Phi) is 12.6. The molecule has 0 spiro atoms. The van der Waals surface area contributed by atoms with E-state index in [0.717, 1.165) is 0 Å².